The van der Waals surface area contributed by atoms with Crippen LogP contribution in [0.5, 0.6) is 5.75 Å². The van der Waals surface area contributed by atoms with Gasteiger partial charge in [-0.3, -0.25) is 19.6 Å². The van der Waals surface area contributed by atoms with E-state index in [1.165, 1.54) is 13.2 Å². The maximum Gasteiger partial charge on any atom is 0.407 e. The molecule has 0 fully saturated rings. The van der Waals surface area contributed by atoms with Gasteiger partial charge in [-0.15, -0.1) is 0 Å². The molecule has 2 heterocycles. The van der Waals surface area contributed by atoms with Crippen molar-refractivity contribution in [1.29, 1.82) is 0 Å². The van der Waals surface area contributed by atoms with Gasteiger partial charge in [0.15, 0.2) is 0 Å². The number of benzene rings is 2. The predicted octanol–water partition coefficient (Wildman–Crippen LogP) is 2.93. The molecule has 0 aliphatic carbocycles. The van der Waals surface area contributed by atoms with Gasteiger partial charge in [0, 0.05) is 31.4 Å². The van der Waals surface area contributed by atoms with Gasteiger partial charge in [0.05, 0.1) is 12.6 Å². The number of anilines is 1. The Hall–Kier alpha value is -4.87. The zero-order chi connectivity index (χ0) is 27.1. The average Bonchev–Trinajstić information content (AvgIpc) is 3.54. The lowest BCUT2D eigenvalue weighted by molar-refractivity contribution is 0.0995. The number of carbonyl (C=O) groups excluding carboxylic acids is 3. The first kappa shape index (κ1) is 26.2. The Morgan fingerprint density at radius 1 is 1.11 bits per heavy atom. The minimum atomic E-state index is -0.629. The summed E-state index contributed by atoms with van der Waals surface area (Å²) < 4.78 is 14.1. The molecule has 4 N–H and O–H groups in total. The molecule has 0 spiro atoms. The summed E-state index contributed by atoms with van der Waals surface area (Å²) in [6, 6.07) is 14.1. The number of nitrogens with two attached hydrogens (primary N) is 1. The first-order valence-electron chi connectivity index (χ1n) is 12.1. The molecule has 4 rings (SSSR count). The second-order valence-corrected chi connectivity index (χ2v) is 8.33. The maximum absolute atomic E-state index is 13.0. The highest BCUT2D eigenvalue weighted by Gasteiger charge is 2.21. The van der Waals surface area contributed by atoms with Gasteiger partial charge in [-0.05, 0) is 37.1 Å². The molecule has 12 heteroatoms. The summed E-state index contributed by atoms with van der Waals surface area (Å²) in [5.41, 5.74) is 7.96. The van der Waals surface area contributed by atoms with Crippen molar-refractivity contribution in [3.05, 3.63) is 71.5 Å². The van der Waals surface area contributed by atoms with E-state index in [9.17, 15) is 14.4 Å². The average molecular weight is 520 g/mol. The summed E-state index contributed by atoms with van der Waals surface area (Å²) in [6.45, 7) is 3.25. The molecule has 0 radical (unpaired) electrons. The Balaban J connectivity index is 1.52. The number of nitrogens with one attached hydrogen (secondary N) is 2. The molecule has 12 nitrogen and oxygen atoms in total. The van der Waals surface area contributed by atoms with E-state index >= 15 is 0 Å². The van der Waals surface area contributed by atoms with E-state index in [1.807, 2.05) is 37.3 Å². The molecule has 2 aromatic carbocycles. The van der Waals surface area contributed by atoms with E-state index in [-0.39, 0.29) is 18.1 Å². The van der Waals surface area contributed by atoms with Crippen LogP contribution in [0.4, 0.5) is 10.7 Å². The van der Waals surface area contributed by atoms with Gasteiger partial charge < -0.3 is 25.1 Å². The Morgan fingerprint density at radius 3 is 2.61 bits per heavy atom. The molecular weight excluding hydrogens is 490 g/mol. The third-order valence-electron chi connectivity index (χ3n) is 5.83. The van der Waals surface area contributed by atoms with E-state index in [0.29, 0.717) is 48.5 Å². The van der Waals surface area contributed by atoms with Gasteiger partial charge in [0.25, 0.3) is 5.91 Å². The molecule has 0 saturated carbocycles. The van der Waals surface area contributed by atoms with Crippen molar-refractivity contribution in [1.82, 2.24) is 24.6 Å². The predicted molar refractivity (Wildman–Crippen MR) is 140 cm³/mol. The van der Waals surface area contributed by atoms with E-state index in [4.69, 9.17) is 15.2 Å². The molecule has 38 heavy (non-hydrogen) atoms. The third kappa shape index (κ3) is 5.91. The summed E-state index contributed by atoms with van der Waals surface area (Å²) in [4.78, 5) is 41.5. The van der Waals surface area contributed by atoms with Gasteiger partial charge in [-0.1, -0.05) is 30.3 Å². The number of methoxy groups -OCH3 is 1. The minimum absolute atomic E-state index is 0.169. The molecule has 0 aliphatic heterocycles. The lowest BCUT2D eigenvalue weighted by Gasteiger charge is -2.13. The summed E-state index contributed by atoms with van der Waals surface area (Å²) in [7, 11) is 1.47. The molecular formula is C26H29N7O5. The Morgan fingerprint density at radius 2 is 1.89 bits per heavy atom. The Bertz CT molecular complexity index is 1450. The fourth-order valence-corrected chi connectivity index (χ4v) is 3.99. The number of aryl methyl sites for hydroxylation is 2. The fraction of sp³-hybridized carbons (Fsp3) is 0.269. The third-order valence-corrected chi connectivity index (χ3v) is 5.83. The van der Waals surface area contributed by atoms with Crippen LogP contribution in [0.15, 0.2) is 54.7 Å². The zero-order valence-electron chi connectivity index (χ0n) is 21.1. The van der Waals surface area contributed by atoms with Gasteiger partial charge in [-0.2, -0.15) is 5.10 Å². The molecule has 4 aromatic rings. The summed E-state index contributed by atoms with van der Waals surface area (Å²) in [5.74, 6) is -0.397. The van der Waals surface area contributed by atoms with Gasteiger partial charge in [-0.25, -0.2) is 9.78 Å². The van der Waals surface area contributed by atoms with Crippen molar-refractivity contribution in [3.8, 4) is 5.75 Å². The van der Waals surface area contributed by atoms with Crippen molar-refractivity contribution in [2.24, 2.45) is 5.73 Å². The number of alkyl carbamates (subject to hydrolysis) is 1. The molecule has 0 aliphatic rings. The highest BCUT2D eigenvalue weighted by Crippen LogP contribution is 2.31. The largest absolute Gasteiger partial charge is 0.494 e. The van der Waals surface area contributed by atoms with Crippen LogP contribution in [0.2, 0.25) is 0 Å². The van der Waals surface area contributed by atoms with Gasteiger partial charge in [0.1, 0.15) is 23.6 Å². The number of carbonyl (C=O) groups is 3. The van der Waals surface area contributed by atoms with Crippen molar-refractivity contribution in [3.63, 3.8) is 0 Å². The fourth-order valence-electron chi connectivity index (χ4n) is 3.99. The number of hydrogen-bond acceptors (Lipinski definition) is 7. The number of nitrogens with zero attached hydrogens (tertiary/aromatic N) is 4. The quantitative estimate of drug-likeness (QED) is 0.257. The molecule has 198 valence electrons. The number of hydrogen-bond donors (Lipinski definition) is 3. The number of fused-ring (bicyclic) bond motifs is 1. The zero-order valence-corrected chi connectivity index (χ0v) is 21.1. The molecule has 0 bridgehead atoms. The Labute approximate surface area is 218 Å². The topological polar surface area (TPSA) is 155 Å². The van der Waals surface area contributed by atoms with Gasteiger partial charge in [0.2, 0.25) is 11.9 Å². The number of amides is 3. The Kier molecular flexibility index (Phi) is 8.21. The second-order valence-electron chi connectivity index (χ2n) is 8.33. The SMILES string of the molecule is CCn1nccc1C(=O)Nc1nc2cc(C(N)=O)cc(OC)c2n1CCCNC(=O)OCc1ccccc1. The summed E-state index contributed by atoms with van der Waals surface area (Å²) >= 11 is 0. The second kappa shape index (κ2) is 11.9. The van der Waals surface area contributed by atoms with Crippen LogP contribution in [0.1, 0.15) is 39.8 Å². The van der Waals surface area contributed by atoms with E-state index in [0.717, 1.165) is 5.56 Å². The first-order valence-corrected chi connectivity index (χ1v) is 12.1. The number of ether oxygens (including phenoxy) is 2. The molecule has 2 aromatic heterocycles. The normalized spacial score (nSPS) is 10.8. The van der Waals surface area contributed by atoms with E-state index < -0.39 is 17.9 Å². The van der Waals surface area contributed by atoms with Crippen LogP contribution in [-0.4, -0.2) is 50.9 Å². The highest BCUT2D eigenvalue weighted by molar-refractivity contribution is 6.04. The molecule has 0 unspecified atom stereocenters. The van der Waals surface area contributed by atoms with Gasteiger partial charge >= 0.3 is 6.09 Å². The first-order chi connectivity index (χ1) is 18.4. The summed E-state index contributed by atoms with van der Waals surface area (Å²) in [6.07, 6.45) is 1.50. The number of aromatic nitrogens is 4. The minimum Gasteiger partial charge on any atom is -0.494 e. The lowest BCUT2D eigenvalue weighted by atomic mass is 10.1. The van der Waals surface area contributed by atoms with Crippen molar-refractivity contribution < 1.29 is 23.9 Å². The number of rotatable bonds is 11. The lowest BCUT2D eigenvalue weighted by Crippen LogP contribution is -2.26. The molecule has 0 atom stereocenters. The van der Waals surface area contributed by atoms with E-state index in [2.05, 4.69) is 20.7 Å². The number of primary amides is 1. The van der Waals surface area contributed by atoms with Crippen LogP contribution >= 0.6 is 0 Å². The molecule has 0 saturated heterocycles. The van der Waals surface area contributed by atoms with Crippen molar-refractivity contribution >= 4 is 34.9 Å². The smallest absolute Gasteiger partial charge is 0.407 e. The van der Waals surface area contributed by atoms with Crippen LogP contribution in [0.3, 0.4) is 0 Å². The summed E-state index contributed by atoms with van der Waals surface area (Å²) in [5, 5.41) is 9.70. The van der Waals surface area contributed by atoms with Crippen LogP contribution in [0.25, 0.3) is 11.0 Å². The standard InChI is InChI=1S/C26H29N7O5/c1-3-33-20(10-12-29-33)24(35)31-25-30-19-14-18(23(27)34)15-21(37-2)22(19)32(25)13-7-11-28-26(36)38-16-17-8-5-4-6-9-17/h4-6,8-10,12,14-15H,3,7,11,13,16H2,1-2H3,(H2,27,34)(H,28,36)(H,30,31,35). The maximum atomic E-state index is 13.0. The van der Waals surface area contributed by atoms with Crippen LogP contribution in [0, 0.1) is 0 Å². The van der Waals surface area contributed by atoms with Crippen LogP contribution in [-0.2, 0) is 24.4 Å². The number of imidazole rings is 1. The monoisotopic (exact) mass is 519 g/mol. The van der Waals surface area contributed by atoms with Crippen molar-refractivity contribution in [2.75, 3.05) is 19.0 Å². The molecule has 3 amide bonds. The van der Waals surface area contributed by atoms with E-state index in [1.54, 1.807) is 27.6 Å². The van der Waals surface area contributed by atoms with Crippen LogP contribution < -0.4 is 21.1 Å². The highest BCUT2D eigenvalue weighted by atomic mass is 16.5. The van der Waals surface area contributed by atoms with Crippen molar-refractivity contribution in [2.45, 2.75) is 33.0 Å².